The third-order valence-corrected chi connectivity index (χ3v) is 4.62. The molecule has 0 saturated heterocycles. The molecular weight excluding hydrogens is 276 g/mol. The van der Waals surface area contributed by atoms with Gasteiger partial charge in [-0.1, -0.05) is 45.0 Å². The summed E-state index contributed by atoms with van der Waals surface area (Å²) < 4.78 is 0. The van der Waals surface area contributed by atoms with Gasteiger partial charge in [-0.15, -0.1) is 11.3 Å². The second kappa shape index (κ2) is 6.43. The van der Waals surface area contributed by atoms with Crippen molar-refractivity contribution in [2.24, 2.45) is 0 Å². The predicted octanol–water partition coefficient (Wildman–Crippen LogP) is 4.77. The van der Waals surface area contributed by atoms with Crippen molar-refractivity contribution in [1.29, 1.82) is 5.26 Å². The zero-order valence-electron chi connectivity index (χ0n) is 13.1. The van der Waals surface area contributed by atoms with Crippen molar-refractivity contribution in [3.8, 4) is 6.07 Å². The van der Waals surface area contributed by atoms with Crippen LogP contribution >= 0.6 is 11.3 Å². The molecule has 1 atom stereocenters. The standard InChI is InChI=1S/C18H22N2S/c1-13(20-12-17-10-9-16(11-19)21-17)14-5-7-15(8-6-14)18(2,3)4/h5-10,13,20H,12H2,1-4H3. The quantitative estimate of drug-likeness (QED) is 0.882. The molecule has 0 aliphatic rings. The molecule has 1 aromatic heterocycles. The summed E-state index contributed by atoms with van der Waals surface area (Å²) in [7, 11) is 0. The van der Waals surface area contributed by atoms with Crippen LogP contribution in [0.2, 0.25) is 0 Å². The van der Waals surface area contributed by atoms with E-state index >= 15 is 0 Å². The topological polar surface area (TPSA) is 35.8 Å². The van der Waals surface area contributed by atoms with Crippen molar-refractivity contribution in [2.45, 2.75) is 45.7 Å². The van der Waals surface area contributed by atoms with Crippen LogP contribution in [0.15, 0.2) is 36.4 Å². The molecule has 2 rings (SSSR count). The molecule has 21 heavy (non-hydrogen) atoms. The van der Waals surface area contributed by atoms with E-state index in [0.29, 0.717) is 6.04 Å². The zero-order valence-corrected chi connectivity index (χ0v) is 13.9. The number of nitrogens with one attached hydrogen (secondary N) is 1. The number of hydrogen-bond acceptors (Lipinski definition) is 3. The summed E-state index contributed by atoms with van der Waals surface area (Å²) >= 11 is 1.55. The highest BCUT2D eigenvalue weighted by Crippen LogP contribution is 2.24. The highest BCUT2D eigenvalue weighted by atomic mass is 32.1. The van der Waals surface area contributed by atoms with Gasteiger partial charge >= 0.3 is 0 Å². The first-order valence-electron chi connectivity index (χ1n) is 7.23. The fourth-order valence-electron chi connectivity index (χ4n) is 2.18. The van der Waals surface area contributed by atoms with E-state index in [0.717, 1.165) is 11.4 Å². The van der Waals surface area contributed by atoms with Crippen LogP contribution in [-0.2, 0) is 12.0 Å². The van der Waals surface area contributed by atoms with Crippen LogP contribution < -0.4 is 5.32 Å². The SMILES string of the molecule is CC(NCc1ccc(C#N)s1)c1ccc(C(C)(C)C)cc1. The van der Waals surface area contributed by atoms with Gasteiger partial charge in [-0.05, 0) is 35.6 Å². The van der Waals surface area contributed by atoms with Crippen LogP contribution in [0.3, 0.4) is 0 Å². The lowest BCUT2D eigenvalue weighted by atomic mass is 9.86. The Hall–Kier alpha value is -1.63. The molecule has 2 aromatic rings. The van der Waals surface area contributed by atoms with E-state index in [1.165, 1.54) is 16.0 Å². The fraction of sp³-hybridized carbons (Fsp3) is 0.389. The lowest BCUT2D eigenvalue weighted by Gasteiger charge is -2.20. The summed E-state index contributed by atoms with van der Waals surface area (Å²) in [5.41, 5.74) is 2.84. The maximum atomic E-state index is 8.84. The van der Waals surface area contributed by atoms with Gasteiger partial charge in [0.2, 0.25) is 0 Å². The molecule has 0 spiro atoms. The van der Waals surface area contributed by atoms with Crippen LogP contribution in [0.25, 0.3) is 0 Å². The van der Waals surface area contributed by atoms with E-state index in [-0.39, 0.29) is 5.41 Å². The van der Waals surface area contributed by atoms with Gasteiger partial charge in [0, 0.05) is 17.5 Å². The van der Waals surface area contributed by atoms with Crippen molar-refractivity contribution in [1.82, 2.24) is 5.32 Å². The normalized spacial score (nSPS) is 12.9. The molecule has 1 heterocycles. The molecule has 3 heteroatoms. The highest BCUT2D eigenvalue weighted by Gasteiger charge is 2.14. The zero-order chi connectivity index (χ0) is 15.5. The number of thiophene rings is 1. The van der Waals surface area contributed by atoms with Crippen LogP contribution in [0, 0.1) is 11.3 Å². The average molecular weight is 298 g/mol. The van der Waals surface area contributed by atoms with Gasteiger partial charge in [0.05, 0.1) is 0 Å². The van der Waals surface area contributed by atoms with Crippen molar-refractivity contribution < 1.29 is 0 Å². The van der Waals surface area contributed by atoms with Gasteiger partial charge in [0.1, 0.15) is 10.9 Å². The van der Waals surface area contributed by atoms with Gasteiger partial charge in [0.15, 0.2) is 0 Å². The lowest BCUT2D eigenvalue weighted by Crippen LogP contribution is -2.18. The minimum Gasteiger partial charge on any atom is -0.305 e. The molecule has 0 aliphatic carbocycles. The van der Waals surface area contributed by atoms with Crippen LogP contribution in [0.5, 0.6) is 0 Å². The Morgan fingerprint density at radius 1 is 1.14 bits per heavy atom. The van der Waals surface area contributed by atoms with Gasteiger partial charge in [-0.2, -0.15) is 5.26 Å². The molecule has 1 unspecified atom stereocenters. The molecule has 0 aliphatic heterocycles. The molecule has 110 valence electrons. The van der Waals surface area contributed by atoms with Crippen LogP contribution in [0.4, 0.5) is 0 Å². The van der Waals surface area contributed by atoms with E-state index in [2.05, 4.69) is 63.3 Å². The molecule has 2 nitrogen and oxygen atoms in total. The predicted molar refractivity (Wildman–Crippen MR) is 89.4 cm³/mol. The maximum Gasteiger partial charge on any atom is 0.110 e. The first-order chi connectivity index (χ1) is 9.90. The Balaban J connectivity index is 1.97. The molecule has 0 radical (unpaired) electrons. The summed E-state index contributed by atoms with van der Waals surface area (Å²) in [6.45, 7) is 9.66. The summed E-state index contributed by atoms with van der Waals surface area (Å²) in [6.07, 6.45) is 0. The Kier molecular flexibility index (Phi) is 4.82. The number of hydrogen-bond donors (Lipinski definition) is 1. The Bertz CT molecular complexity index is 626. The second-order valence-electron chi connectivity index (χ2n) is 6.35. The minimum atomic E-state index is 0.194. The lowest BCUT2D eigenvalue weighted by molar-refractivity contribution is 0.572. The van der Waals surface area contributed by atoms with Crippen molar-refractivity contribution in [3.05, 3.63) is 57.3 Å². The van der Waals surface area contributed by atoms with Gasteiger partial charge in [-0.3, -0.25) is 0 Å². The first-order valence-corrected chi connectivity index (χ1v) is 8.04. The van der Waals surface area contributed by atoms with Gasteiger partial charge < -0.3 is 5.32 Å². The number of nitriles is 1. The Morgan fingerprint density at radius 2 is 1.81 bits per heavy atom. The number of benzene rings is 1. The van der Waals surface area contributed by atoms with E-state index < -0.39 is 0 Å². The molecule has 0 fully saturated rings. The van der Waals surface area contributed by atoms with E-state index in [9.17, 15) is 0 Å². The van der Waals surface area contributed by atoms with Crippen LogP contribution in [0.1, 0.15) is 54.6 Å². The molecular formula is C18H22N2S. The second-order valence-corrected chi connectivity index (χ2v) is 7.52. The number of rotatable bonds is 4. The molecule has 1 aromatic carbocycles. The summed E-state index contributed by atoms with van der Waals surface area (Å²) in [5.74, 6) is 0. The monoisotopic (exact) mass is 298 g/mol. The van der Waals surface area contributed by atoms with Crippen molar-refractivity contribution in [3.63, 3.8) is 0 Å². The van der Waals surface area contributed by atoms with Crippen molar-refractivity contribution in [2.75, 3.05) is 0 Å². The van der Waals surface area contributed by atoms with E-state index in [4.69, 9.17) is 5.26 Å². The molecule has 0 saturated carbocycles. The van der Waals surface area contributed by atoms with Crippen LogP contribution in [-0.4, -0.2) is 0 Å². The van der Waals surface area contributed by atoms with Gasteiger partial charge in [0.25, 0.3) is 0 Å². The largest absolute Gasteiger partial charge is 0.305 e. The Labute approximate surface area is 131 Å². The third kappa shape index (κ3) is 4.17. The first kappa shape index (κ1) is 15.8. The maximum absolute atomic E-state index is 8.84. The summed E-state index contributed by atoms with van der Waals surface area (Å²) in [6, 6.07) is 15.2. The smallest absolute Gasteiger partial charge is 0.110 e. The molecule has 1 N–H and O–H groups in total. The van der Waals surface area contributed by atoms with E-state index in [1.807, 2.05) is 12.1 Å². The van der Waals surface area contributed by atoms with E-state index in [1.54, 1.807) is 11.3 Å². The molecule has 0 amide bonds. The molecule has 0 bridgehead atoms. The Morgan fingerprint density at radius 3 is 2.33 bits per heavy atom. The fourth-order valence-corrected chi connectivity index (χ4v) is 2.93. The minimum absolute atomic E-state index is 0.194. The summed E-state index contributed by atoms with van der Waals surface area (Å²) in [4.78, 5) is 1.97. The number of nitrogens with zero attached hydrogens (tertiary/aromatic N) is 1. The third-order valence-electron chi connectivity index (χ3n) is 3.63. The highest BCUT2D eigenvalue weighted by molar-refractivity contribution is 7.12. The summed E-state index contributed by atoms with van der Waals surface area (Å²) in [5, 5.41) is 12.3. The van der Waals surface area contributed by atoms with Crippen molar-refractivity contribution >= 4 is 11.3 Å². The average Bonchev–Trinajstić information content (AvgIpc) is 2.92. The van der Waals surface area contributed by atoms with Gasteiger partial charge in [-0.25, -0.2) is 0 Å².